The average molecular weight is 379 g/mol. The molecule has 0 unspecified atom stereocenters. The van der Waals surface area contributed by atoms with E-state index >= 15 is 0 Å². The quantitative estimate of drug-likeness (QED) is 0.347. The molecule has 0 spiro atoms. The van der Waals surface area contributed by atoms with Crippen LogP contribution < -0.4 is 4.73 Å². The molecule has 9 heteroatoms. The number of benzene rings is 2. The molecular weight excluding hydrogens is 368 g/mol. The van der Waals surface area contributed by atoms with Crippen molar-refractivity contribution in [2.45, 2.75) is 6.92 Å². The molecule has 3 heterocycles. The van der Waals surface area contributed by atoms with Crippen molar-refractivity contribution >= 4 is 16.6 Å². The van der Waals surface area contributed by atoms with E-state index in [9.17, 15) is 14.0 Å². The van der Waals surface area contributed by atoms with Crippen molar-refractivity contribution in [3.05, 3.63) is 71.3 Å². The molecule has 5 rings (SSSR count). The van der Waals surface area contributed by atoms with Gasteiger partial charge >= 0.3 is 0 Å². The van der Waals surface area contributed by atoms with Gasteiger partial charge in [0.1, 0.15) is 34.7 Å². The Bertz CT molecular complexity index is 1360. The largest absolute Gasteiger partial charge is 0.618 e. The molecule has 0 N–H and O–H groups in total. The summed E-state index contributed by atoms with van der Waals surface area (Å²) in [5.41, 5.74) is 2.40. The first kappa shape index (κ1) is 16.3. The number of fused-ring (bicyclic) bond motifs is 3. The summed E-state index contributed by atoms with van der Waals surface area (Å²) in [6.45, 7) is 1.61. The standard InChI is InChI=1S/C19H11F2N5O2/c1-10-17-16(18-23-19(28-24-18)11-2-4-12(20)5-3-11)22-9-25(17)14-7-6-13(21)8-15(14)26(10)27/h2-9H,1H3. The van der Waals surface area contributed by atoms with E-state index in [-0.39, 0.29) is 23.0 Å². The number of hydrogen-bond donors (Lipinski definition) is 0. The monoisotopic (exact) mass is 379 g/mol. The molecule has 0 aliphatic heterocycles. The van der Waals surface area contributed by atoms with Crippen molar-refractivity contribution in [2.24, 2.45) is 0 Å². The third-order valence-electron chi connectivity index (χ3n) is 4.56. The number of aromatic nitrogens is 5. The highest BCUT2D eigenvalue weighted by Gasteiger charge is 2.23. The van der Waals surface area contributed by atoms with Crippen LogP contribution in [0.25, 0.3) is 39.5 Å². The van der Waals surface area contributed by atoms with Crippen molar-refractivity contribution in [1.29, 1.82) is 0 Å². The maximum Gasteiger partial charge on any atom is 0.258 e. The Morgan fingerprint density at radius 1 is 1.07 bits per heavy atom. The minimum atomic E-state index is -0.502. The van der Waals surface area contributed by atoms with Gasteiger partial charge < -0.3 is 9.73 Å². The van der Waals surface area contributed by atoms with Gasteiger partial charge in [0.25, 0.3) is 5.89 Å². The lowest BCUT2D eigenvalue weighted by Gasteiger charge is -2.08. The second-order valence-electron chi connectivity index (χ2n) is 6.25. The van der Waals surface area contributed by atoms with Crippen LogP contribution in [0.2, 0.25) is 0 Å². The average Bonchev–Trinajstić information content (AvgIpc) is 3.34. The summed E-state index contributed by atoms with van der Waals surface area (Å²) in [5, 5.41) is 16.6. The van der Waals surface area contributed by atoms with Gasteiger partial charge in [0, 0.05) is 18.6 Å². The molecule has 0 saturated heterocycles. The molecule has 5 aromatic rings. The third-order valence-corrected chi connectivity index (χ3v) is 4.56. The number of aryl methyl sites for hydroxylation is 1. The van der Waals surface area contributed by atoms with Crippen molar-refractivity contribution in [3.8, 4) is 23.0 Å². The van der Waals surface area contributed by atoms with Crippen LogP contribution >= 0.6 is 0 Å². The lowest BCUT2D eigenvalue weighted by Crippen LogP contribution is -2.32. The first-order chi connectivity index (χ1) is 13.5. The maximum absolute atomic E-state index is 13.6. The highest BCUT2D eigenvalue weighted by Crippen LogP contribution is 2.27. The zero-order valence-corrected chi connectivity index (χ0v) is 14.4. The zero-order valence-electron chi connectivity index (χ0n) is 14.4. The fourth-order valence-electron chi connectivity index (χ4n) is 3.21. The molecule has 28 heavy (non-hydrogen) atoms. The van der Waals surface area contributed by atoms with Gasteiger partial charge in [0.05, 0.1) is 0 Å². The summed E-state index contributed by atoms with van der Waals surface area (Å²) < 4.78 is 34.3. The van der Waals surface area contributed by atoms with Crippen LogP contribution in [0.4, 0.5) is 8.78 Å². The van der Waals surface area contributed by atoms with Crippen LogP contribution in [0.3, 0.4) is 0 Å². The van der Waals surface area contributed by atoms with E-state index in [1.54, 1.807) is 11.3 Å². The maximum atomic E-state index is 13.6. The minimum absolute atomic E-state index is 0.186. The van der Waals surface area contributed by atoms with Crippen molar-refractivity contribution in [3.63, 3.8) is 0 Å². The van der Waals surface area contributed by atoms with Gasteiger partial charge in [-0.25, -0.2) is 13.8 Å². The van der Waals surface area contributed by atoms with Crippen LogP contribution in [0.5, 0.6) is 0 Å². The molecule has 0 aliphatic carbocycles. The van der Waals surface area contributed by atoms with E-state index in [0.29, 0.717) is 32.7 Å². The van der Waals surface area contributed by atoms with Crippen LogP contribution in [-0.4, -0.2) is 19.5 Å². The Morgan fingerprint density at radius 2 is 1.82 bits per heavy atom. The molecule has 2 aromatic carbocycles. The normalized spacial score (nSPS) is 11.5. The SMILES string of the molecule is Cc1c2c(-c3noc(-c4ccc(F)cc4)n3)ncn2c2ccc(F)cc2[n+]1[O-]. The van der Waals surface area contributed by atoms with E-state index in [4.69, 9.17) is 4.52 Å². The number of hydrogen-bond acceptors (Lipinski definition) is 5. The number of imidazole rings is 1. The first-order valence-corrected chi connectivity index (χ1v) is 8.31. The fourth-order valence-corrected chi connectivity index (χ4v) is 3.21. The smallest absolute Gasteiger partial charge is 0.258 e. The van der Waals surface area contributed by atoms with Gasteiger partial charge in [0.2, 0.25) is 17.0 Å². The molecule has 0 aliphatic rings. The van der Waals surface area contributed by atoms with Gasteiger partial charge in [-0.2, -0.15) is 9.71 Å². The van der Waals surface area contributed by atoms with Crippen molar-refractivity contribution in [2.75, 3.05) is 0 Å². The molecule has 0 amide bonds. The summed E-state index contributed by atoms with van der Waals surface area (Å²) >= 11 is 0. The summed E-state index contributed by atoms with van der Waals surface area (Å²) in [5.74, 6) is -0.487. The second-order valence-corrected chi connectivity index (χ2v) is 6.25. The molecule has 0 bridgehead atoms. The molecule has 0 atom stereocenters. The summed E-state index contributed by atoms with van der Waals surface area (Å²) in [4.78, 5) is 8.65. The van der Waals surface area contributed by atoms with Crippen molar-refractivity contribution in [1.82, 2.24) is 19.5 Å². The second kappa shape index (κ2) is 5.81. The van der Waals surface area contributed by atoms with Crippen LogP contribution in [0, 0.1) is 23.8 Å². The Morgan fingerprint density at radius 3 is 2.61 bits per heavy atom. The number of halogens is 2. The predicted octanol–water partition coefficient (Wildman–Crippen LogP) is 3.42. The molecule has 3 aromatic heterocycles. The van der Waals surface area contributed by atoms with Crippen LogP contribution in [0.1, 0.15) is 5.69 Å². The zero-order chi connectivity index (χ0) is 19.4. The van der Waals surface area contributed by atoms with Gasteiger partial charge in [0.15, 0.2) is 0 Å². The highest BCUT2D eigenvalue weighted by molar-refractivity contribution is 5.82. The molecule has 0 saturated carbocycles. The van der Waals surface area contributed by atoms with Crippen molar-refractivity contribution < 1.29 is 18.0 Å². The summed E-state index contributed by atoms with van der Waals surface area (Å²) in [6, 6.07) is 9.60. The Balaban J connectivity index is 1.71. The Kier molecular flexibility index (Phi) is 3.38. The summed E-state index contributed by atoms with van der Waals surface area (Å²) in [7, 11) is 0. The van der Waals surface area contributed by atoms with Gasteiger partial charge in [-0.1, -0.05) is 5.16 Å². The fraction of sp³-hybridized carbons (Fsp3) is 0.0526. The van der Waals surface area contributed by atoms with E-state index in [1.807, 2.05) is 0 Å². The Labute approximate surface area is 156 Å². The van der Waals surface area contributed by atoms with E-state index in [0.717, 1.165) is 0 Å². The van der Waals surface area contributed by atoms with Crippen LogP contribution in [-0.2, 0) is 0 Å². The lowest BCUT2D eigenvalue weighted by atomic mass is 10.2. The minimum Gasteiger partial charge on any atom is -0.618 e. The molecule has 138 valence electrons. The highest BCUT2D eigenvalue weighted by atomic mass is 19.1. The van der Waals surface area contributed by atoms with E-state index in [1.165, 1.54) is 48.8 Å². The van der Waals surface area contributed by atoms with E-state index < -0.39 is 5.82 Å². The topological polar surface area (TPSA) is 83.2 Å². The molecule has 7 nitrogen and oxygen atoms in total. The Hall–Kier alpha value is -3.88. The van der Waals surface area contributed by atoms with Crippen LogP contribution in [0.15, 0.2) is 53.3 Å². The molecular formula is C19H11F2N5O2. The lowest BCUT2D eigenvalue weighted by molar-refractivity contribution is -0.583. The third kappa shape index (κ3) is 2.33. The van der Waals surface area contributed by atoms with Gasteiger partial charge in [-0.3, -0.25) is 4.40 Å². The van der Waals surface area contributed by atoms with Gasteiger partial charge in [-0.05, 0) is 36.4 Å². The molecule has 0 fully saturated rings. The molecule has 0 radical (unpaired) electrons. The summed E-state index contributed by atoms with van der Waals surface area (Å²) in [6.07, 6.45) is 1.52. The van der Waals surface area contributed by atoms with Gasteiger partial charge in [-0.15, -0.1) is 0 Å². The van der Waals surface area contributed by atoms with E-state index in [2.05, 4.69) is 15.1 Å². The predicted molar refractivity (Wildman–Crippen MR) is 95.0 cm³/mol. The number of rotatable bonds is 2. The number of nitrogens with zero attached hydrogens (tertiary/aromatic N) is 5. The first-order valence-electron chi connectivity index (χ1n) is 8.31.